The Morgan fingerprint density at radius 2 is 2.10 bits per heavy atom. The van der Waals surface area contributed by atoms with Crippen LogP contribution >= 0.6 is 11.3 Å². The summed E-state index contributed by atoms with van der Waals surface area (Å²) in [5.41, 5.74) is -0.493. The Morgan fingerprint density at radius 3 is 2.65 bits per heavy atom. The van der Waals surface area contributed by atoms with Crippen LogP contribution in [0, 0.1) is 5.41 Å². The molecular weight excluding hydrogens is 426 g/mol. The van der Waals surface area contributed by atoms with Crippen molar-refractivity contribution in [1.29, 1.82) is 0 Å². The van der Waals surface area contributed by atoms with E-state index in [4.69, 9.17) is 0 Å². The van der Waals surface area contributed by atoms with Crippen LogP contribution in [0.15, 0.2) is 12.3 Å². The molecule has 1 fully saturated rings. The molecule has 0 saturated carbocycles. The van der Waals surface area contributed by atoms with Crippen LogP contribution in [-0.2, 0) is 0 Å². The van der Waals surface area contributed by atoms with E-state index in [1.807, 2.05) is 27.7 Å². The van der Waals surface area contributed by atoms with Gasteiger partial charge in [-0.1, -0.05) is 20.8 Å². The molecule has 31 heavy (non-hydrogen) atoms. The van der Waals surface area contributed by atoms with Gasteiger partial charge in [-0.15, -0.1) is 11.3 Å². The van der Waals surface area contributed by atoms with Crippen molar-refractivity contribution in [2.75, 3.05) is 18.4 Å². The van der Waals surface area contributed by atoms with Crippen molar-refractivity contribution >= 4 is 29.0 Å². The Labute approximate surface area is 183 Å². The summed E-state index contributed by atoms with van der Waals surface area (Å²) >= 11 is 0.712. The van der Waals surface area contributed by atoms with E-state index in [2.05, 4.69) is 15.3 Å². The topological polar surface area (TPSA) is 95.4 Å². The minimum Gasteiger partial charge on any atom is -0.476 e. The smallest absolute Gasteiger partial charge is 0.365 e. The zero-order valence-electron chi connectivity index (χ0n) is 17.9. The minimum atomic E-state index is -2.84. The van der Waals surface area contributed by atoms with Crippen molar-refractivity contribution in [3.05, 3.63) is 28.5 Å². The lowest BCUT2D eigenvalue weighted by Gasteiger charge is -2.21. The molecule has 0 aromatic carbocycles. The summed E-state index contributed by atoms with van der Waals surface area (Å²) in [7, 11) is 0. The minimum absolute atomic E-state index is 0.0213. The molecule has 0 spiro atoms. The van der Waals surface area contributed by atoms with Crippen LogP contribution in [0.4, 0.5) is 14.6 Å². The van der Waals surface area contributed by atoms with Gasteiger partial charge >= 0.3 is 5.97 Å². The maximum absolute atomic E-state index is 13.9. The number of likely N-dealkylation sites (tertiary alicyclic amines) is 1. The molecule has 2 aromatic heterocycles. The van der Waals surface area contributed by atoms with E-state index in [0.717, 1.165) is 12.8 Å². The highest BCUT2D eigenvalue weighted by Crippen LogP contribution is 2.38. The Bertz CT molecular complexity index is 987. The number of halogens is 2. The number of carbonyl (C=O) groups excluding carboxylic acids is 1. The number of aromatic nitrogens is 2. The van der Waals surface area contributed by atoms with Gasteiger partial charge in [0, 0.05) is 36.5 Å². The van der Waals surface area contributed by atoms with Crippen LogP contribution in [0.1, 0.15) is 72.8 Å². The molecule has 2 aromatic rings. The monoisotopic (exact) mass is 452 g/mol. The van der Waals surface area contributed by atoms with Crippen LogP contribution < -0.4 is 5.32 Å². The van der Waals surface area contributed by atoms with E-state index in [1.165, 1.54) is 12.3 Å². The predicted molar refractivity (Wildman–Crippen MR) is 115 cm³/mol. The van der Waals surface area contributed by atoms with Crippen LogP contribution in [0.2, 0.25) is 0 Å². The average molecular weight is 453 g/mol. The number of alkyl halides is 2. The largest absolute Gasteiger partial charge is 0.476 e. The molecule has 1 atom stereocenters. The van der Waals surface area contributed by atoms with E-state index in [0.29, 0.717) is 24.4 Å². The highest BCUT2D eigenvalue weighted by atomic mass is 32.1. The predicted octanol–water partition coefficient (Wildman–Crippen LogP) is 4.92. The molecule has 168 valence electrons. The standard InChI is InChI=1S/C21H26F2N4O3S/c1-11-6-5-7-27(11)19(28)15-16(31-18(26-15)20(29)30)13-9-24-14(8-12(13)17(22)23)25-10-21(2,3)4/h8-9,11,17H,5-7,10H2,1-4H3,(H,24,25)(H,29,30). The van der Waals surface area contributed by atoms with Crippen LogP contribution in [0.3, 0.4) is 0 Å². The van der Waals surface area contributed by atoms with Gasteiger partial charge in [0.15, 0.2) is 0 Å². The van der Waals surface area contributed by atoms with Gasteiger partial charge < -0.3 is 15.3 Å². The molecule has 2 N–H and O–H groups in total. The van der Waals surface area contributed by atoms with Crippen LogP contribution in [0.5, 0.6) is 0 Å². The summed E-state index contributed by atoms with van der Waals surface area (Å²) < 4.78 is 27.9. The van der Waals surface area contributed by atoms with Crippen molar-refractivity contribution < 1.29 is 23.5 Å². The summed E-state index contributed by atoms with van der Waals surface area (Å²) in [5.74, 6) is -1.47. The van der Waals surface area contributed by atoms with Gasteiger partial charge in [0.2, 0.25) is 5.01 Å². The molecule has 0 radical (unpaired) electrons. The average Bonchev–Trinajstić information content (AvgIpc) is 3.31. The van der Waals surface area contributed by atoms with Crippen LogP contribution in [-0.4, -0.2) is 51.0 Å². The van der Waals surface area contributed by atoms with E-state index in [9.17, 15) is 23.5 Å². The SMILES string of the molecule is CC1CCCN1C(=O)c1nc(C(=O)O)sc1-c1cnc(NCC(C)(C)C)cc1C(F)F. The number of rotatable bonds is 6. The third-order valence-corrected chi connectivity index (χ3v) is 6.12. The molecule has 0 bridgehead atoms. The first-order chi connectivity index (χ1) is 14.5. The van der Waals surface area contributed by atoms with Gasteiger partial charge in [-0.25, -0.2) is 23.5 Å². The number of carbonyl (C=O) groups is 2. The summed E-state index contributed by atoms with van der Waals surface area (Å²) in [6.45, 7) is 8.97. The highest BCUT2D eigenvalue weighted by Gasteiger charge is 2.32. The fraction of sp³-hybridized carbons (Fsp3) is 0.524. The zero-order chi connectivity index (χ0) is 22.9. The zero-order valence-corrected chi connectivity index (χ0v) is 18.7. The van der Waals surface area contributed by atoms with Gasteiger partial charge in [-0.2, -0.15) is 0 Å². The Balaban J connectivity index is 2.06. The lowest BCUT2D eigenvalue weighted by Crippen LogP contribution is -2.34. The molecular formula is C21H26F2N4O3S. The maximum atomic E-state index is 13.9. The molecule has 0 aliphatic carbocycles. The summed E-state index contributed by atoms with van der Waals surface area (Å²) in [5, 5.41) is 12.1. The molecule has 1 aliphatic rings. The number of thiazole rings is 1. The third-order valence-electron chi connectivity index (χ3n) is 5.04. The molecule has 1 amide bonds. The third kappa shape index (κ3) is 5.17. The maximum Gasteiger partial charge on any atom is 0.365 e. The highest BCUT2D eigenvalue weighted by molar-refractivity contribution is 7.17. The normalized spacial score (nSPS) is 16.7. The lowest BCUT2D eigenvalue weighted by molar-refractivity contribution is 0.0696. The first-order valence-electron chi connectivity index (χ1n) is 10.1. The number of aromatic carboxylic acids is 1. The summed E-state index contributed by atoms with van der Waals surface area (Å²) in [6, 6.07) is 1.23. The Kier molecular flexibility index (Phi) is 6.59. The van der Waals surface area contributed by atoms with Crippen molar-refractivity contribution in [2.45, 2.75) is 53.0 Å². The van der Waals surface area contributed by atoms with Gasteiger partial charge in [0.05, 0.1) is 4.88 Å². The molecule has 7 nitrogen and oxygen atoms in total. The van der Waals surface area contributed by atoms with E-state index >= 15 is 0 Å². The second kappa shape index (κ2) is 8.86. The van der Waals surface area contributed by atoms with Gasteiger partial charge in [0.1, 0.15) is 11.5 Å². The van der Waals surface area contributed by atoms with Crippen molar-refractivity contribution in [1.82, 2.24) is 14.9 Å². The van der Waals surface area contributed by atoms with Gasteiger partial charge in [-0.3, -0.25) is 4.79 Å². The fourth-order valence-corrected chi connectivity index (χ4v) is 4.33. The number of carboxylic acids is 1. The molecule has 1 saturated heterocycles. The second-order valence-corrected chi connectivity index (χ2v) is 9.86. The van der Waals surface area contributed by atoms with Gasteiger partial charge in [-0.05, 0) is 31.2 Å². The van der Waals surface area contributed by atoms with Crippen molar-refractivity contribution in [3.8, 4) is 10.4 Å². The Hall–Kier alpha value is -2.62. The van der Waals surface area contributed by atoms with E-state index < -0.39 is 18.3 Å². The molecule has 1 aliphatic heterocycles. The molecule has 3 rings (SSSR count). The van der Waals surface area contributed by atoms with Crippen molar-refractivity contribution in [3.63, 3.8) is 0 Å². The Morgan fingerprint density at radius 1 is 1.39 bits per heavy atom. The van der Waals surface area contributed by atoms with Crippen molar-refractivity contribution in [2.24, 2.45) is 5.41 Å². The van der Waals surface area contributed by atoms with E-state index in [1.54, 1.807) is 4.90 Å². The summed E-state index contributed by atoms with van der Waals surface area (Å²) in [6.07, 6.45) is 0.0817. The quantitative estimate of drug-likeness (QED) is 0.646. The number of nitrogens with zero attached hydrogens (tertiary/aromatic N) is 3. The molecule has 1 unspecified atom stereocenters. The lowest BCUT2D eigenvalue weighted by atomic mass is 9.97. The first kappa shape index (κ1) is 23.1. The van der Waals surface area contributed by atoms with E-state index in [-0.39, 0.29) is 44.0 Å². The molecule has 10 heteroatoms. The number of anilines is 1. The molecule has 3 heterocycles. The fourth-order valence-electron chi connectivity index (χ4n) is 3.40. The number of amides is 1. The number of nitrogens with one attached hydrogen (secondary N) is 1. The number of carboxylic acid groups (broad SMARTS) is 1. The van der Waals surface area contributed by atoms with Gasteiger partial charge in [0.25, 0.3) is 12.3 Å². The van der Waals surface area contributed by atoms with Crippen LogP contribution in [0.25, 0.3) is 10.4 Å². The number of pyridine rings is 1. The summed E-state index contributed by atoms with van der Waals surface area (Å²) in [4.78, 5) is 34.6. The first-order valence-corrected chi connectivity index (χ1v) is 10.9. The number of hydrogen-bond donors (Lipinski definition) is 2. The second-order valence-electron chi connectivity index (χ2n) is 8.86. The number of hydrogen-bond acceptors (Lipinski definition) is 6.